The van der Waals surface area contributed by atoms with Crippen LogP contribution < -0.4 is 15.2 Å². The number of nitriles is 1. The van der Waals surface area contributed by atoms with Crippen molar-refractivity contribution in [1.82, 2.24) is 0 Å². The Kier molecular flexibility index (Phi) is 4.64. The molecule has 0 aliphatic carbocycles. The first kappa shape index (κ1) is 15.4. The van der Waals surface area contributed by atoms with Crippen molar-refractivity contribution in [2.24, 2.45) is 0 Å². The van der Waals surface area contributed by atoms with E-state index in [-0.39, 0.29) is 0 Å². The van der Waals surface area contributed by atoms with Gasteiger partial charge in [0.25, 0.3) is 0 Å². The molecule has 0 aliphatic heterocycles. The van der Waals surface area contributed by atoms with Gasteiger partial charge in [0, 0.05) is 11.8 Å². The van der Waals surface area contributed by atoms with Crippen LogP contribution in [-0.2, 0) is 6.61 Å². The maximum atomic E-state index is 9.00. The number of rotatable bonds is 5. The van der Waals surface area contributed by atoms with E-state index in [0.29, 0.717) is 29.4 Å². The molecule has 0 atom stereocenters. The van der Waals surface area contributed by atoms with E-state index in [0.717, 1.165) is 11.3 Å². The summed E-state index contributed by atoms with van der Waals surface area (Å²) in [4.78, 5) is 0. The predicted molar refractivity (Wildman–Crippen MR) is 92.9 cm³/mol. The minimum absolute atomic E-state index is 0.398. The summed E-state index contributed by atoms with van der Waals surface area (Å²) in [5.41, 5.74) is 7.65. The summed E-state index contributed by atoms with van der Waals surface area (Å²) >= 11 is 0. The number of nitrogens with two attached hydrogens (primary N) is 1. The third-order valence-electron chi connectivity index (χ3n) is 3.45. The summed E-state index contributed by atoms with van der Waals surface area (Å²) in [7, 11) is 0. The molecule has 0 saturated heterocycles. The van der Waals surface area contributed by atoms with Crippen molar-refractivity contribution in [2.45, 2.75) is 6.61 Å². The Morgan fingerprint density at radius 1 is 0.833 bits per heavy atom. The highest BCUT2D eigenvalue weighted by Gasteiger charge is 2.03. The van der Waals surface area contributed by atoms with Crippen molar-refractivity contribution in [2.75, 3.05) is 5.73 Å². The van der Waals surface area contributed by atoms with Gasteiger partial charge >= 0.3 is 0 Å². The highest BCUT2D eigenvalue weighted by atomic mass is 16.5. The van der Waals surface area contributed by atoms with Gasteiger partial charge in [-0.3, -0.25) is 0 Å². The van der Waals surface area contributed by atoms with E-state index >= 15 is 0 Å². The van der Waals surface area contributed by atoms with Crippen LogP contribution in [0.5, 0.6) is 17.2 Å². The number of hydrogen-bond acceptors (Lipinski definition) is 4. The molecule has 3 aromatic rings. The zero-order valence-electron chi connectivity index (χ0n) is 13.0. The topological polar surface area (TPSA) is 68.3 Å². The Labute approximate surface area is 140 Å². The molecule has 0 unspecified atom stereocenters. The molecule has 0 aliphatic rings. The van der Waals surface area contributed by atoms with Crippen LogP contribution in [0, 0.1) is 11.3 Å². The summed E-state index contributed by atoms with van der Waals surface area (Å²) in [6, 6.07) is 24.4. The molecule has 0 radical (unpaired) electrons. The average Bonchev–Trinajstić information content (AvgIpc) is 2.63. The lowest BCUT2D eigenvalue weighted by molar-refractivity contribution is 0.306. The van der Waals surface area contributed by atoms with E-state index in [4.69, 9.17) is 20.5 Å². The Morgan fingerprint density at radius 3 is 2.21 bits per heavy atom. The molecule has 0 amide bonds. The first-order valence-electron chi connectivity index (χ1n) is 7.49. The van der Waals surface area contributed by atoms with E-state index in [1.54, 1.807) is 18.2 Å². The second-order valence-electron chi connectivity index (χ2n) is 5.21. The molecule has 0 fully saturated rings. The Balaban J connectivity index is 1.63. The average molecular weight is 316 g/mol. The maximum Gasteiger partial charge on any atom is 0.128 e. The van der Waals surface area contributed by atoms with Crippen molar-refractivity contribution in [3.05, 3.63) is 83.9 Å². The lowest BCUT2D eigenvalue weighted by Crippen LogP contribution is -1.95. The largest absolute Gasteiger partial charge is 0.489 e. The lowest BCUT2D eigenvalue weighted by atomic mass is 10.2. The standard InChI is InChI=1S/C20H16N2O2/c21-13-16-12-19(10-11-20(16)22)24-18-8-6-17(7-9-18)23-14-15-4-2-1-3-5-15/h1-12H,14,22H2. The summed E-state index contributed by atoms with van der Waals surface area (Å²) < 4.78 is 11.5. The summed E-state index contributed by atoms with van der Waals surface area (Å²) in [6.45, 7) is 0.518. The Bertz CT molecular complexity index is 853. The zero-order valence-corrected chi connectivity index (χ0v) is 13.0. The van der Waals surface area contributed by atoms with Crippen molar-refractivity contribution in [3.8, 4) is 23.3 Å². The molecule has 118 valence electrons. The van der Waals surface area contributed by atoms with Gasteiger partial charge in [-0.2, -0.15) is 5.26 Å². The highest BCUT2D eigenvalue weighted by molar-refractivity contribution is 5.57. The van der Waals surface area contributed by atoms with E-state index in [1.165, 1.54) is 0 Å². The fourth-order valence-corrected chi connectivity index (χ4v) is 2.18. The molecule has 24 heavy (non-hydrogen) atoms. The quantitative estimate of drug-likeness (QED) is 0.703. The fourth-order valence-electron chi connectivity index (χ4n) is 2.18. The van der Waals surface area contributed by atoms with Crippen LogP contribution in [0.15, 0.2) is 72.8 Å². The molecule has 4 nitrogen and oxygen atoms in total. The lowest BCUT2D eigenvalue weighted by Gasteiger charge is -2.09. The minimum Gasteiger partial charge on any atom is -0.489 e. The van der Waals surface area contributed by atoms with Crippen LogP contribution in [0.2, 0.25) is 0 Å². The summed E-state index contributed by atoms with van der Waals surface area (Å²) in [5, 5.41) is 9.00. The van der Waals surface area contributed by atoms with Gasteiger partial charge in [0.1, 0.15) is 29.9 Å². The van der Waals surface area contributed by atoms with Crippen molar-refractivity contribution in [1.29, 1.82) is 5.26 Å². The van der Waals surface area contributed by atoms with Crippen molar-refractivity contribution < 1.29 is 9.47 Å². The summed E-state index contributed by atoms with van der Waals surface area (Å²) in [6.07, 6.45) is 0. The van der Waals surface area contributed by atoms with Crippen molar-refractivity contribution in [3.63, 3.8) is 0 Å². The SMILES string of the molecule is N#Cc1cc(Oc2ccc(OCc3ccccc3)cc2)ccc1N. The van der Waals surface area contributed by atoms with Crippen LogP contribution >= 0.6 is 0 Å². The van der Waals surface area contributed by atoms with Gasteiger partial charge in [0.2, 0.25) is 0 Å². The number of ether oxygens (including phenoxy) is 2. The van der Waals surface area contributed by atoms with Crippen molar-refractivity contribution >= 4 is 5.69 Å². The van der Waals surface area contributed by atoms with E-state index in [2.05, 4.69) is 0 Å². The fraction of sp³-hybridized carbons (Fsp3) is 0.0500. The Morgan fingerprint density at radius 2 is 1.50 bits per heavy atom. The van der Waals surface area contributed by atoms with Gasteiger partial charge in [-0.05, 0) is 42.0 Å². The molecule has 0 spiro atoms. The van der Waals surface area contributed by atoms with Gasteiger partial charge in [-0.1, -0.05) is 30.3 Å². The summed E-state index contributed by atoms with van der Waals surface area (Å²) in [5.74, 6) is 2.00. The number of anilines is 1. The second-order valence-corrected chi connectivity index (χ2v) is 5.21. The molecule has 2 N–H and O–H groups in total. The van der Waals surface area contributed by atoms with E-state index < -0.39 is 0 Å². The van der Waals surface area contributed by atoms with Gasteiger partial charge in [0.05, 0.1) is 5.56 Å². The van der Waals surface area contributed by atoms with Crippen LogP contribution in [0.4, 0.5) is 5.69 Å². The van der Waals surface area contributed by atoms with Gasteiger partial charge in [-0.15, -0.1) is 0 Å². The molecule has 0 aromatic heterocycles. The Hall–Kier alpha value is -3.45. The van der Waals surface area contributed by atoms with Gasteiger partial charge in [-0.25, -0.2) is 0 Å². The van der Waals surface area contributed by atoms with Gasteiger partial charge < -0.3 is 15.2 Å². The number of benzene rings is 3. The molecule has 0 heterocycles. The maximum absolute atomic E-state index is 9.00. The smallest absolute Gasteiger partial charge is 0.128 e. The number of hydrogen-bond donors (Lipinski definition) is 1. The monoisotopic (exact) mass is 316 g/mol. The molecular formula is C20H16N2O2. The molecule has 4 heteroatoms. The first-order chi connectivity index (χ1) is 11.7. The normalized spacial score (nSPS) is 9.96. The van der Waals surface area contributed by atoms with Gasteiger partial charge in [0.15, 0.2) is 0 Å². The van der Waals surface area contributed by atoms with Crippen LogP contribution in [0.25, 0.3) is 0 Å². The molecular weight excluding hydrogens is 300 g/mol. The van der Waals surface area contributed by atoms with Crippen LogP contribution in [0.3, 0.4) is 0 Å². The highest BCUT2D eigenvalue weighted by Crippen LogP contribution is 2.26. The predicted octanol–water partition coefficient (Wildman–Crippen LogP) is 4.51. The number of nitrogens with zero attached hydrogens (tertiary/aromatic N) is 1. The van der Waals surface area contributed by atoms with Crippen LogP contribution in [-0.4, -0.2) is 0 Å². The molecule has 3 aromatic carbocycles. The molecule has 0 bridgehead atoms. The minimum atomic E-state index is 0.398. The van der Waals surface area contributed by atoms with Crippen LogP contribution in [0.1, 0.15) is 11.1 Å². The second kappa shape index (κ2) is 7.21. The third-order valence-corrected chi connectivity index (χ3v) is 3.45. The molecule has 3 rings (SSSR count). The third kappa shape index (κ3) is 3.84. The van der Waals surface area contributed by atoms with E-state index in [9.17, 15) is 0 Å². The first-order valence-corrected chi connectivity index (χ1v) is 7.49. The van der Waals surface area contributed by atoms with E-state index in [1.807, 2.05) is 60.7 Å². The number of nitrogen functional groups attached to an aromatic ring is 1. The molecule has 0 saturated carbocycles. The zero-order chi connectivity index (χ0) is 16.8.